The van der Waals surface area contributed by atoms with E-state index in [2.05, 4.69) is 15.3 Å². The first-order chi connectivity index (χ1) is 13.6. The van der Waals surface area contributed by atoms with E-state index in [1.54, 1.807) is 30.3 Å². The van der Waals surface area contributed by atoms with Crippen LogP contribution in [0.4, 0.5) is 0 Å². The Labute approximate surface area is 167 Å². The molecule has 0 saturated heterocycles. The minimum absolute atomic E-state index is 0.00236. The second-order valence-corrected chi connectivity index (χ2v) is 6.01. The van der Waals surface area contributed by atoms with Crippen molar-refractivity contribution in [3.63, 3.8) is 0 Å². The monoisotopic (exact) mass is 399 g/mol. The lowest BCUT2D eigenvalue weighted by atomic mass is 10.1. The van der Waals surface area contributed by atoms with Gasteiger partial charge in [0, 0.05) is 11.6 Å². The van der Waals surface area contributed by atoms with Gasteiger partial charge in [-0.3, -0.25) is 4.79 Å². The molecule has 2 aromatic carbocycles. The third kappa shape index (κ3) is 4.69. The van der Waals surface area contributed by atoms with E-state index in [1.807, 2.05) is 18.2 Å². The molecule has 1 aromatic heterocycles. The molecule has 7 nitrogen and oxygen atoms in total. The Kier molecular flexibility index (Phi) is 6.29. The molecule has 0 saturated carbocycles. The SMILES string of the molecule is COc1cc(OC)nc(Oc2ccccc2C(=O)NCc2ccccc2Cl)n1. The number of halogens is 1. The van der Waals surface area contributed by atoms with Gasteiger partial charge in [0.25, 0.3) is 5.91 Å². The van der Waals surface area contributed by atoms with Crippen LogP contribution in [0.15, 0.2) is 54.6 Å². The summed E-state index contributed by atoms with van der Waals surface area (Å²) in [5.74, 6) is 0.546. The summed E-state index contributed by atoms with van der Waals surface area (Å²) in [5.41, 5.74) is 1.15. The second-order valence-electron chi connectivity index (χ2n) is 5.61. The van der Waals surface area contributed by atoms with Crippen LogP contribution in [-0.2, 0) is 6.54 Å². The number of hydrogen-bond donors (Lipinski definition) is 1. The Bertz CT molecular complexity index is 959. The molecule has 0 bridgehead atoms. The molecule has 1 N–H and O–H groups in total. The van der Waals surface area contributed by atoms with E-state index >= 15 is 0 Å². The summed E-state index contributed by atoms with van der Waals surface area (Å²) in [4.78, 5) is 20.9. The summed E-state index contributed by atoms with van der Waals surface area (Å²) in [6.07, 6.45) is 0. The molecule has 0 aliphatic heterocycles. The number of carbonyl (C=O) groups excluding carboxylic acids is 1. The molecule has 1 heterocycles. The Hall–Kier alpha value is -3.32. The van der Waals surface area contributed by atoms with Crippen molar-refractivity contribution >= 4 is 17.5 Å². The molecule has 3 aromatic rings. The normalized spacial score (nSPS) is 10.2. The molecule has 8 heteroatoms. The fourth-order valence-corrected chi connectivity index (χ4v) is 2.60. The molecule has 1 amide bonds. The van der Waals surface area contributed by atoms with Crippen LogP contribution in [0.2, 0.25) is 5.02 Å². The van der Waals surface area contributed by atoms with Crippen LogP contribution in [0, 0.1) is 0 Å². The van der Waals surface area contributed by atoms with Crippen molar-refractivity contribution in [1.82, 2.24) is 15.3 Å². The number of rotatable bonds is 7. The summed E-state index contributed by atoms with van der Waals surface area (Å²) in [7, 11) is 2.95. The zero-order valence-corrected chi connectivity index (χ0v) is 16.1. The lowest BCUT2D eigenvalue weighted by Gasteiger charge is -2.12. The van der Waals surface area contributed by atoms with Gasteiger partial charge in [-0.1, -0.05) is 41.9 Å². The van der Waals surface area contributed by atoms with Crippen LogP contribution >= 0.6 is 11.6 Å². The molecular formula is C20H18ClN3O4. The van der Waals surface area contributed by atoms with Crippen molar-refractivity contribution in [1.29, 1.82) is 0 Å². The standard InChI is InChI=1S/C20H18ClN3O4/c1-26-17-11-18(27-2)24-20(23-17)28-16-10-6-4-8-14(16)19(25)22-12-13-7-3-5-9-15(13)21/h3-11H,12H2,1-2H3,(H,22,25). The average molecular weight is 400 g/mol. The number of nitrogens with zero attached hydrogens (tertiary/aromatic N) is 2. The first-order valence-electron chi connectivity index (χ1n) is 8.36. The largest absolute Gasteiger partial charge is 0.481 e. The van der Waals surface area contributed by atoms with Crippen LogP contribution in [0.5, 0.6) is 23.5 Å². The van der Waals surface area contributed by atoms with Gasteiger partial charge in [0.2, 0.25) is 11.8 Å². The molecule has 3 rings (SSSR count). The second kappa shape index (κ2) is 9.05. The van der Waals surface area contributed by atoms with Gasteiger partial charge < -0.3 is 19.5 Å². The van der Waals surface area contributed by atoms with Crippen LogP contribution < -0.4 is 19.5 Å². The van der Waals surface area contributed by atoms with Gasteiger partial charge in [-0.25, -0.2) is 0 Å². The van der Waals surface area contributed by atoms with E-state index in [0.29, 0.717) is 16.3 Å². The van der Waals surface area contributed by atoms with Gasteiger partial charge in [-0.2, -0.15) is 9.97 Å². The van der Waals surface area contributed by atoms with E-state index in [4.69, 9.17) is 25.8 Å². The number of carbonyl (C=O) groups is 1. The number of amides is 1. The lowest BCUT2D eigenvalue weighted by Crippen LogP contribution is -2.23. The zero-order chi connectivity index (χ0) is 19.9. The predicted octanol–water partition coefficient (Wildman–Crippen LogP) is 3.87. The van der Waals surface area contributed by atoms with E-state index in [-0.39, 0.29) is 30.2 Å². The van der Waals surface area contributed by atoms with Crippen molar-refractivity contribution in [3.05, 3.63) is 70.7 Å². The van der Waals surface area contributed by atoms with E-state index in [1.165, 1.54) is 20.3 Å². The zero-order valence-electron chi connectivity index (χ0n) is 15.3. The Morgan fingerprint density at radius 3 is 2.32 bits per heavy atom. The number of methoxy groups -OCH3 is 2. The molecule has 0 unspecified atom stereocenters. The fourth-order valence-electron chi connectivity index (χ4n) is 2.39. The molecular weight excluding hydrogens is 382 g/mol. The number of hydrogen-bond acceptors (Lipinski definition) is 6. The van der Waals surface area contributed by atoms with Crippen molar-refractivity contribution < 1.29 is 19.0 Å². The summed E-state index contributed by atoms with van der Waals surface area (Å²) in [6, 6.07) is 15.6. The van der Waals surface area contributed by atoms with Gasteiger partial charge >= 0.3 is 6.01 Å². The van der Waals surface area contributed by atoms with Gasteiger partial charge in [0.1, 0.15) is 5.75 Å². The Morgan fingerprint density at radius 2 is 1.64 bits per heavy atom. The molecule has 0 fully saturated rings. The fraction of sp³-hybridized carbons (Fsp3) is 0.150. The summed E-state index contributed by atoms with van der Waals surface area (Å²) in [5, 5.41) is 3.42. The Morgan fingerprint density at radius 1 is 1.00 bits per heavy atom. The summed E-state index contributed by atoms with van der Waals surface area (Å²) in [6.45, 7) is 0.288. The molecule has 144 valence electrons. The van der Waals surface area contributed by atoms with Crippen molar-refractivity contribution in [2.75, 3.05) is 14.2 Å². The molecule has 0 aliphatic rings. The van der Waals surface area contributed by atoms with Crippen molar-refractivity contribution in [3.8, 4) is 23.5 Å². The van der Waals surface area contributed by atoms with Gasteiger partial charge in [-0.05, 0) is 23.8 Å². The quantitative estimate of drug-likeness (QED) is 0.649. The maximum Gasteiger partial charge on any atom is 0.328 e. The molecule has 0 radical (unpaired) electrons. The number of para-hydroxylation sites is 1. The minimum Gasteiger partial charge on any atom is -0.481 e. The minimum atomic E-state index is -0.314. The molecule has 0 aliphatic carbocycles. The van der Waals surface area contributed by atoms with Crippen molar-refractivity contribution in [2.24, 2.45) is 0 Å². The summed E-state index contributed by atoms with van der Waals surface area (Å²) >= 11 is 6.13. The smallest absolute Gasteiger partial charge is 0.328 e. The predicted molar refractivity (Wildman–Crippen MR) is 104 cm³/mol. The molecule has 28 heavy (non-hydrogen) atoms. The highest BCUT2D eigenvalue weighted by molar-refractivity contribution is 6.31. The van der Waals surface area contributed by atoms with E-state index in [9.17, 15) is 4.79 Å². The highest BCUT2D eigenvalue weighted by atomic mass is 35.5. The van der Waals surface area contributed by atoms with Gasteiger partial charge in [-0.15, -0.1) is 0 Å². The topological polar surface area (TPSA) is 82.6 Å². The third-order valence-electron chi connectivity index (χ3n) is 3.81. The van der Waals surface area contributed by atoms with E-state index in [0.717, 1.165) is 5.56 Å². The van der Waals surface area contributed by atoms with Crippen LogP contribution in [0.3, 0.4) is 0 Å². The van der Waals surface area contributed by atoms with Gasteiger partial charge in [0.15, 0.2) is 0 Å². The van der Waals surface area contributed by atoms with Crippen molar-refractivity contribution in [2.45, 2.75) is 6.54 Å². The average Bonchev–Trinajstić information content (AvgIpc) is 2.73. The van der Waals surface area contributed by atoms with Crippen LogP contribution in [-0.4, -0.2) is 30.1 Å². The maximum absolute atomic E-state index is 12.7. The highest BCUT2D eigenvalue weighted by Crippen LogP contribution is 2.26. The highest BCUT2D eigenvalue weighted by Gasteiger charge is 2.15. The number of aromatic nitrogens is 2. The molecule has 0 atom stereocenters. The third-order valence-corrected chi connectivity index (χ3v) is 4.18. The first-order valence-corrected chi connectivity index (χ1v) is 8.74. The number of nitrogens with one attached hydrogen (secondary N) is 1. The maximum atomic E-state index is 12.7. The lowest BCUT2D eigenvalue weighted by molar-refractivity contribution is 0.0948. The molecule has 0 spiro atoms. The van der Waals surface area contributed by atoms with Gasteiger partial charge in [0.05, 0.1) is 25.8 Å². The van der Waals surface area contributed by atoms with E-state index < -0.39 is 0 Å². The first kappa shape index (κ1) is 19.4. The number of benzene rings is 2. The van der Waals surface area contributed by atoms with Crippen LogP contribution in [0.25, 0.3) is 0 Å². The number of ether oxygens (including phenoxy) is 3. The summed E-state index contributed by atoms with van der Waals surface area (Å²) < 4.78 is 15.9. The van der Waals surface area contributed by atoms with Crippen LogP contribution in [0.1, 0.15) is 15.9 Å². The Balaban J connectivity index is 1.79.